The van der Waals surface area contributed by atoms with Crippen LogP contribution in [0.5, 0.6) is 0 Å². The number of morpholine rings is 1. The molecule has 2 amide bonds. The van der Waals surface area contributed by atoms with E-state index in [1.165, 1.54) is 11.8 Å². The molecule has 2 aliphatic rings. The van der Waals surface area contributed by atoms with Crippen LogP contribution in [-0.4, -0.2) is 64.8 Å². The van der Waals surface area contributed by atoms with Gasteiger partial charge >= 0.3 is 6.09 Å². The Morgan fingerprint density at radius 3 is 2.72 bits per heavy atom. The second kappa shape index (κ2) is 4.76. The lowest BCUT2D eigenvalue weighted by Crippen LogP contribution is -2.61. The summed E-state index contributed by atoms with van der Waals surface area (Å²) in [5.74, 6) is -0.318. The number of ether oxygens (including phenoxy) is 1. The first-order chi connectivity index (χ1) is 8.80. The number of carboxylic acid groups (broad SMARTS) is 1. The number of piperidine rings is 1. The van der Waals surface area contributed by atoms with Crippen molar-refractivity contribution < 1.29 is 20.8 Å². The van der Waals surface area contributed by atoms with Crippen LogP contribution < -0.4 is 0 Å². The maximum atomic E-state index is 12.0. The van der Waals surface area contributed by atoms with Crippen LogP contribution in [0.15, 0.2) is 0 Å². The molecule has 2 fully saturated rings. The van der Waals surface area contributed by atoms with E-state index in [1.807, 2.05) is 6.92 Å². The smallest absolute Gasteiger partial charge is 0.407 e. The molecule has 18 heavy (non-hydrogen) atoms. The van der Waals surface area contributed by atoms with Gasteiger partial charge in [-0.2, -0.15) is 0 Å². The first-order valence-corrected chi connectivity index (χ1v) is 6.27. The molecule has 102 valence electrons. The van der Waals surface area contributed by atoms with E-state index < -0.39 is 17.8 Å². The van der Waals surface area contributed by atoms with E-state index in [4.69, 9.17) is 11.2 Å². The van der Waals surface area contributed by atoms with Crippen LogP contribution in [0.25, 0.3) is 0 Å². The lowest BCUT2D eigenvalue weighted by atomic mass is 9.88. The number of carbonyl (C=O) groups is 2. The lowest BCUT2D eigenvalue weighted by molar-refractivity contribution is -0.188. The molecular formula is C12H20N2O4. The highest BCUT2D eigenvalue weighted by molar-refractivity contribution is 5.81. The van der Waals surface area contributed by atoms with Crippen LogP contribution in [0.2, 0.25) is 0 Å². The van der Waals surface area contributed by atoms with Crippen LogP contribution >= 0.6 is 0 Å². The highest BCUT2D eigenvalue weighted by Gasteiger charge is 2.45. The Kier molecular flexibility index (Phi) is 3.11. The Morgan fingerprint density at radius 1 is 1.61 bits per heavy atom. The van der Waals surface area contributed by atoms with Gasteiger partial charge in [-0.3, -0.25) is 4.79 Å². The van der Waals surface area contributed by atoms with Crippen molar-refractivity contribution >= 4 is 12.0 Å². The molecule has 2 saturated heterocycles. The molecule has 0 aromatic heterocycles. The highest BCUT2D eigenvalue weighted by atomic mass is 16.5. The van der Waals surface area contributed by atoms with E-state index in [1.54, 1.807) is 4.90 Å². The van der Waals surface area contributed by atoms with E-state index in [0.717, 1.165) is 0 Å². The molecule has 0 radical (unpaired) electrons. The maximum Gasteiger partial charge on any atom is 0.407 e. The zero-order chi connectivity index (χ0) is 14.3. The van der Waals surface area contributed by atoms with Crippen LogP contribution in [0, 0.1) is 0 Å². The summed E-state index contributed by atoms with van der Waals surface area (Å²) in [6.07, 6.45) is -1.45. The quantitative estimate of drug-likeness (QED) is 0.753. The molecule has 1 spiro atoms. The van der Waals surface area contributed by atoms with Gasteiger partial charge in [0.15, 0.2) is 0 Å². The standard InChI is InChI=1S/C12H20N2O4/c1-3-13-8-12(18-9(2)10(13)15)4-6-14(7-5-12)11(16)17/h9H,3-8H2,1-2H3,(H,16,17)/i9D. The number of hydrogen-bond acceptors (Lipinski definition) is 3. The third kappa shape index (κ3) is 2.29. The molecule has 0 bridgehead atoms. The number of hydrogen-bond donors (Lipinski definition) is 1. The Morgan fingerprint density at radius 2 is 2.22 bits per heavy atom. The van der Waals surface area contributed by atoms with Gasteiger partial charge in [0.25, 0.3) is 5.91 Å². The van der Waals surface area contributed by atoms with E-state index in [0.29, 0.717) is 39.0 Å². The van der Waals surface area contributed by atoms with Gasteiger partial charge < -0.3 is 19.6 Å². The van der Waals surface area contributed by atoms with Gasteiger partial charge in [-0.1, -0.05) is 0 Å². The highest BCUT2D eigenvalue weighted by Crippen LogP contribution is 2.32. The van der Waals surface area contributed by atoms with Gasteiger partial charge in [-0.15, -0.1) is 0 Å². The molecule has 1 atom stereocenters. The SMILES string of the molecule is [2H]C1(C)OC2(CCN(C(=O)O)CC2)CN(CC)C1=O. The van der Waals surface area contributed by atoms with Crippen LogP contribution in [0.1, 0.15) is 28.1 Å². The van der Waals surface area contributed by atoms with Crippen molar-refractivity contribution in [3.8, 4) is 0 Å². The molecule has 1 unspecified atom stereocenters. The first-order valence-electron chi connectivity index (χ1n) is 6.77. The van der Waals surface area contributed by atoms with E-state index in [2.05, 4.69) is 0 Å². The summed E-state index contributed by atoms with van der Waals surface area (Å²) in [7, 11) is 0. The summed E-state index contributed by atoms with van der Waals surface area (Å²) < 4.78 is 13.7. The zero-order valence-corrected chi connectivity index (χ0v) is 10.8. The molecule has 2 aliphatic heterocycles. The molecule has 0 saturated carbocycles. The first kappa shape index (κ1) is 11.8. The largest absolute Gasteiger partial charge is 0.465 e. The van der Waals surface area contributed by atoms with Gasteiger partial charge in [0.05, 0.1) is 6.97 Å². The Hall–Kier alpha value is -1.30. The molecule has 1 N–H and O–H groups in total. The predicted molar refractivity (Wildman–Crippen MR) is 64.4 cm³/mol. The van der Waals surface area contributed by atoms with Crippen molar-refractivity contribution in [1.29, 1.82) is 0 Å². The topological polar surface area (TPSA) is 70.1 Å². The monoisotopic (exact) mass is 257 g/mol. The molecule has 6 nitrogen and oxygen atoms in total. The normalized spacial score (nSPS) is 32.6. The Labute approximate surface area is 108 Å². The fourth-order valence-corrected chi connectivity index (χ4v) is 2.66. The average molecular weight is 257 g/mol. The summed E-state index contributed by atoms with van der Waals surface area (Å²) in [5, 5.41) is 8.95. The Bertz CT molecular complexity index is 391. The summed E-state index contributed by atoms with van der Waals surface area (Å²) in [4.78, 5) is 25.9. The molecule has 0 aromatic carbocycles. The zero-order valence-electron chi connectivity index (χ0n) is 11.8. The summed E-state index contributed by atoms with van der Waals surface area (Å²) in [5.41, 5.74) is -0.577. The predicted octanol–water partition coefficient (Wildman–Crippen LogP) is 0.766. The minimum Gasteiger partial charge on any atom is -0.465 e. The second-order valence-corrected chi connectivity index (χ2v) is 4.93. The summed E-state index contributed by atoms with van der Waals surface area (Å²) >= 11 is 0. The van der Waals surface area contributed by atoms with Crippen LogP contribution in [0.4, 0.5) is 4.79 Å². The minimum absolute atomic E-state index is 0.318. The van der Waals surface area contributed by atoms with Crippen molar-refractivity contribution in [3.63, 3.8) is 0 Å². The number of nitrogens with zero attached hydrogens (tertiary/aromatic N) is 2. The number of carbonyl (C=O) groups excluding carboxylic acids is 1. The molecular weight excluding hydrogens is 236 g/mol. The van der Waals surface area contributed by atoms with Crippen molar-refractivity contribution in [2.45, 2.75) is 38.4 Å². The molecule has 0 aromatic rings. The van der Waals surface area contributed by atoms with Gasteiger partial charge in [-0.25, -0.2) is 4.79 Å². The summed E-state index contributed by atoms with van der Waals surface area (Å²) in [6.45, 7) is 5.10. The average Bonchev–Trinajstić information content (AvgIpc) is 2.34. The van der Waals surface area contributed by atoms with Gasteiger partial charge in [0.1, 0.15) is 6.08 Å². The van der Waals surface area contributed by atoms with E-state index in [9.17, 15) is 9.59 Å². The van der Waals surface area contributed by atoms with E-state index in [-0.39, 0.29) is 5.91 Å². The third-order valence-corrected chi connectivity index (χ3v) is 3.76. The van der Waals surface area contributed by atoms with Gasteiger partial charge in [0, 0.05) is 26.2 Å². The lowest BCUT2D eigenvalue weighted by Gasteiger charge is -2.48. The Balaban J connectivity index is 2.13. The minimum atomic E-state index is -1.57. The van der Waals surface area contributed by atoms with Crippen molar-refractivity contribution in [2.24, 2.45) is 0 Å². The number of likely N-dealkylation sites (N-methyl/N-ethyl adjacent to an activating group) is 1. The fourth-order valence-electron chi connectivity index (χ4n) is 2.66. The number of rotatable bonds is 1. The fraction of sp³-hybridized carbons (Fsp3) is 0.833. The van der Waals surface area contributed by atoms with Gasteiger partial charge in [-0.05, 0) is 26.7 Å². The van der Waals surface area contributed by atoms with Gasteiger partial charge in [0.2, 0.25) is 0 Å². The van der Waals surface area contributed by atoms with Crippen LogP contribution in [0.3, 0.4) is 0 Å². The summed E-state index contributed by atoms with van der Waals surface area (Å²) in [6, 6.07) is 0. The van der Waals surface area contributed by atoms with Crippen molar-refractivity contribution in [1.82, 2.24) is 9.80 Å². The molecule has 0 aliphatic carbocycles. The van der Waals surface area contributed by atoms with E-state index >= 15 is 0 Å². The van der Waals surface area contributed by atoms with Crippen LogP contribution in [-0.2, 0) is 9.53 Å². The number of likely N-dealkylation sites (tertiary alicyclic amines) is 1. The molecule has 6 heteroatoms. The third-order valence-electron chi connectivity index (χ3n) is 3.76. The maximum absolute atomic E-state index is 12.0. The van der Waals surface area contributed by atoms with Crippen molar-refractivity contribution in [3.05, 3.63) is 0 Å². The molecule has 2 heterocycles. The number of amides is 2. The second-order valence-electron chi connectivity index (χ2n) is 4.93. The molecule has 2 rings (SSSR count). The van der Waals surface area contributed by atoms with Crippen molar-refractivity contribution in [2.75, 3.05) is 26.2 Å².